The van der Waals surface area contributed by atoms with Crippen molar-refractivity contribution < 1.29 is 0 Å². The molecule has 2 aliphatic rings. The summed E-state index contributed by atoms with van der Waals surface area (Å²) in [6.07, 6.45) is 9.66. The van der Waals surface area contributed by atoms with E-state index in [-0.39, 0.29) is 5.54 Å². The lowest BCUT2D eigenvalue weighted by molar-refractivity contribution is 0.0602. The van der Waals surface area contributed by atoms with Gasteiger partial charge in [-0.3, -0.25) is 4.90 Å². The SMILES string of the molecule is N#CC1(N2CCC(Cc3ccccc3)CC2)CCCCC1. The molecule has 1 aliphatic carbocycles. The molecular weight excluding hydrogens is 256 g/mol. The van der Waals surface area contributed by atoms with E-state index in [1.807, 2.05) is 0 Å². The quantitative estimate of drug-likeness (QED) is 0.832. The number of benzene rings is 1. The van der Waals surface area contributed by atoms with Crippen molar-refractivity contribution in [2.75, 3.05) is 13.1 Å². The Kier molecular flexibility index (Phi) is 4.60. The fourth-order valence-corrected chi connectivity index (χ4v) is 4.15. The van der Waals surface area contributed by atoms with E-state index < -0.39 is 0 Å². The van der Waals surface area contributed by atoms with Crippen LogP contribution in [0.5, 0.6) is 0 Å². The van der Waals surface area contributed by atoms with E-state index in [0.717, 1.165) is 31.8 Å². The van der Waals surface area contributed by atoms with Crippen LogP contribution in [0.1, 0.15) is 50.5 Å². The Hall–Kier alpha value is -1.33. The van der Waals surface area contributed by atoms with Gasteiger partial charge in [0.05, 0.1) is 6.07 Å². The first kappa shape index (κ1) is 14.6. The van der Waals surface area contributed by atoms with Gasteiger partial charge >= 0.3 is 0 Å². The highest BCUT2D eigenvalue weighted by Gasteiger charge is 2.39. The van der Waals surface area contributed by atoms with E-state index in [1.165, 1.54) is 44.1 Å². The van der Waals surface area contributed by atoms with E-state index in [4.69, 9.17) is 0 Å². The third-order valence-electron chi connectivity index (χ3n) is 5.48. The van der Waals surface area contributed by atoms with Crippen LogP contribution in [0.3, 0.4) is 0 Å². The highest BCUT2D eigenvalue weighted by Crippen LogP contribution is 2.36. The zero-order valence-corrected chi connectivity index (χ0v) is 12.9. The lowest BCUT2D eigenvalue weighted by Gasteiger charge is -2.45. The van der Waals surface area contributed by atoms with E-state index in [9.17, 15) is 5.26 Å². The molecule has 1 aromatic rings. The minimum atomic E-state index is -0.129. The molecule has 0 aromatic heterocycles. The number of rotatable bonds is 3. The first-order chi connectivity index (χ1) is 10.3. The lowest BCUT2D eigenvalue weighted by Crippen LogP contribution is -2.52. The number of nitriles is 1. The number of hydrogen-bond acceptors (Lipinski definition) is 2. The van der Waals surface area contributed by atoms with Crippen molar-refractivity contribution in [2.45, 2.75) is 56.9 Å². The molecule has 21 heavy (non-hydrogen) atoms. The molecule has 0 bridgehead atoms. The van der Waals surface area contributed by atoms with E-state index in [2.05, 4.69) is 41.3 Å². The molecule has 1 saturated heterocycles. The van der Waals surface area contributed by atoms with Gasteiger partial charge in [0.1, 0.15) is 5.54 Å². The number of piperidine rings is 1. The minimum Gasteiger partial charge on any atom is -0.286 e. The van der Waals surface area contributed by atoms with Crippen molar-refractivity contribution in [2.24, 2.45) is 5.92 Å². The molecule has 0 amide bonds. The number of nitrogens with zero attached hydrogens (tertiary/aromatic N) is 2. The van der Waals surface area contributed by atoms with Crippen LogP contribution in [0.4, 0.5) is 0 Å². The van der Waals surface area contributed by atoms with Crippen molar-refractivity contribution in [1.82, 2.24) is 4.90 Å². The summed E-state index contributed by atoms with van der Waals surface area (Å²) in [4.78, 5) is 2.51. The maximum Gasteiger partial charge on any atom is 0.109 e. The minimum absolute atomic E-state index is 0.129. The van der Waals surface area contributed by atoms with Crippen LogP contribution < -0.4 is 0 Å². The van der Waals surface area contributed by atoms with Crippen LogP contribution >= 0.6 is 0 Å². The zero-order chi connectivity index (χ0) is 14.5. The fraction of sp³-hybridized carbons (Fsp3) is 0.632. The van der Waals surface area contributed by atoms with Gasteiger partial charge in [0, 0.05) is 0 Å². The lowest BCUT2D eigenvalue weighted by atomic mass is 9.79. The van der Waals surface area contributed by atoms with Crippen LogP contribution in [0.25, 0.3) is 0 Å². The summed E-state index contributed by atoms with van der Waals surface area (Å²) in [5, 5.41) is 9.70. The second-order valence-electron chi connectivity index (χ2n) is 6.82. The van der Waals surface area contributed by atoms with Crippen LogP contribution in [0.15, 0.2) is 30.3 Å². The van der Waals surface area contributed by atoms with Gasteiger partial charge in [-0.25, -0.2) is 0 Å². The molecule has 1 aromatic carbocycles. The number of likely N-dealkylation sites (tertiary alicyclic amines) is 1. The molecule has 0 N–H and O–H groups in total. The Balaban J connectivity index is 1.56. The molecule has 1 heterocycles. The average molecular weight is 282 g/mol. The van der Waals surface area contributed by atoms with Gasteiger partial charge in [-0.15, -0.1) is 0 Å². The second-order valence-corrected chi connectivity index (χ2v) is 6.82. The second kappa shape index (κ2) is 6.62. The summed E-state index contributed by atoms with van der Waals surface area (Å²) in [5.41, 5.74) is 1.33. The third-order valence-corrected chi connectivity index (χ3v) is 5.48. The van der Waals surface area contributed by atoms with Crippen molar-refractivity contribution in [3.63, 3.8) is 0 Å². The van der Waals surface area contributed by atoms with Gasteiger partial charge in [-0.2, -0.15) is 5.26 Å². The molecule has 2 heteroatoms. The molecule has 0 atom stereocenters. The summed E-state index contributed by atoms with van der Waals surface area (Å²) in [5.74, 6) is 0.794. The normalized spacial score (nSPS) is 23.6. The third kappa shape index (κ3) is 3.30. The maximum absolute atomic E-state index is 9.70. The first-order valence-corrected chi connectivity index (χ1v) is 8.53. The molecule has 2 fully saturated rings. The van der Waals surface area contributed by atoms with Crippen LogP contribution in [0.2, 0.25) is 0 Å². The van der Waals surface area contributed by atoms with Gasteiger partial charge in [-0.05, 0) is 56.7 Å². The fourth-order valence-electron chi connectivity index (χ4n) is 4.15. The van der Waals surface area contributed by atoms with Crippen LogP contribution in [-0.4, -0.2) is 23.5 Å². The Bertz CT molecular complexity index is 474. The summed E-state index contributed by atoms with van der Waals surface area (Å²) in [7, 11) is 0. The largest absolute Gasteiger partial charge is 0.286 e. The maximum atomic E-state index is 9.70. The molecule has 112 valence electrons. The smallest absolute Gasteiger partial charge is 0.109 e. The first-order valence-electron chi connectivity index (χ1n) is 8.53. The van der Waals surface area contributed by atoms with Crippen molar-refractivity contribution in [1.29, 1.82) is 5.26 Å². The molecule has 0 unspecified atom stereocenters. The van der Waals surface area contributed by atoms with Gasteiger partial charge in [0.25, 0.3) is 0 Å². The van der Waals surface area contributed by atoms with Gasteiger partial charge in [0.2, 0.25) is 0 Å². The summed E-state index contributed by atoms with van der Waals surface area (Å²) in [6, 6.07) is 13.5. The summed E-state index contributed by atoms with van der Waals surface area (Å²) in [6.45, 7) is 2.23. The summed E-state index contributed by atoms with van der Waals surface area (Å²) < 4.78 is 0. The molecule has 3 rings (SSSR count). The van der Waals surface area contributed by atoms with Crippen LogP contribution in [-0.2, 0) is 6.42 Å². The molecule has 0 spiro atoms. The predicted octanol–water partition coefficient (Wildman–Crippen LogP) is 4.17. The molecular formula is C19H26N2. The van der Waals surface area contributed by atoms with Crippen molar-refractivity contribution in [3.05, 3.63) is 35.9 Å². The Morgan fingerprint density at radius 2 is 1.71 bits per heavy atom. The Morgan fingerprint density at radius 1 is 1.05 bits per heavy atom. The highest BCUT2D eigenvalue weighted by atomic mass is 15.2. The van der Waals surface area contributed by atoms with E-state index in [0.29, 0.717) is 0 Å². The number of hydrogen-bond donors (Lipinski definition) is 0. The van der Waals surface area contributed by atoms with Gasteiger partial charge in [-0.1, -0.05) is 49.6 Å². The molecule has 1 saturated carbocycles. The standard InChI is InChI=1S/C19H26N2/c20-16-19(11-5-2-6-12-19)21-13-9-18(10-14-21)15-17-7-3-1-4-8-17/h1,3-4,7-8,18H,2,5-6,9-15H2. The van der Waals surface area contributed by atoms with E-state index >= 15 is 0 Å². The van der Waals surface area contributed by atoms with Gasteiger partial charge < -0.3 is 0 Å². The molecule has 1 aliphatic heterocycles. The van der Waals surface area contributed by atoms with Crippen molar-refractivity contribution >= 4 is 0 Å². The average Bonchev–Trinajstić information content (AvgIpc) is 2.57. The summed E-state index contributed by atoms with van der Waals surface area (Å²) >= 11 is 0. The van der Waals surface area contributed by atoms with Crippen molar-refractivity contribution in [3.8, 4) is 6.07 Å². The topological polar surface area (TPSA) is 27.0 Å². The van der Waals surface area contributed by atoms with Crippen LogP contribution in [0, 0.1) is 17.2 Å². The Labute approximate surface area is 128 Å². The van der Waals surface area contributed by atoms with Gasteiger partial charge in [0.15, 0.2) is 0 Å². The highest BCUT2D eigenvalue weighted by molar-refractivity contribution is 5.16. The molecule has 0 radical (unpaired) electrons. The predicted molar refractivity (Wildman–Crippen MR) is 85.9 cm³/mol. The monoisotopic (exact) mass is 282 g/mol. The Morgan fingerprint density at radius 3 is 2.33 bits per heavy atom. The van der Waals surface area contributed by atoms with E-state index in [1.54, 1.807) is 0 Å². The zero-order valence-electron chi connectivity index (χ0n) is 12.9. The molecule has 2 nitrogen and oxygen atoms in total.